The smallest absolute Gasteiger partial charge is 0.315 e. The van der Waals surface area contributed by atoms with Crippen LogP contribution in [0, 0.1) is 0 Å². The Morgan fingerprint density at radius 3 is 2.62 bits per heavy atom. The normalized spacial score (nSPS) is 18.8. The van der Waals surface area contributed by atoms with Gasteiger partial charge < -0.3 is 9.84 Å². The van der Waals surface area contributed by atoms with Gasteiger partial charge in [0.25, 0.3) is 0 Å². The van der Waals surface area contributed by atoms with Gasteiger partial charge in [0.1, 0.15) is 5.41 Å². The van der Waals surface area contributed by atoms with E-state index in [9.17, 15) is 9.90 Å². The van der Waals surface area contributed by atoms with Crippen LogP contribution >= 0.6 is 12.4 Å². The van der Waals surface area contributed by atoms with E-state index in [-0.39, 0.29) is 12.4 Å². The fourth-order valence-electron chi connectivity index (χ4n) is 2.14. The summed E-state index contributed by atoms with van der Waals surface area (Å²) in [6.45, 7) is 0.995. The van der Waals surface area contributed by atoms with Crippen LogP contribution < -0.4 is 0 Å². The van der Waals surface area contributed by atoms with Crippen LogP contribution in [-0.2, 0) is 22.0 Å². The second-order valence-corrected chi connectivity index (χ2v) is 3.84. The summed E-state index contributed by atoms with van der Waals surface area (Å²) in [7, 11) is 1.77. The van der Waals surface area contributed by atoms with Gasteiger partial charge in [0.2, 0.25) is 0 Å². The first kappa shape index (κ1) is 13.0. The molecule has 1 saturated heterocycles. The van der Waals surface area contributed by atoms with Crippen LogP contribution in [0.1, 0.15) is 18.5 Å². The molecular weight excluding hydrogens is 232 g/mol. The van der Waals surface area contributed by atoms with Crippen molar-refractivity contribution in [2.75, 3.05) is 13.2 Å². The fraction of sp³-hybridized carbons (Fsp3) is 0.600. The molecule has 6 heteroatoms. The molecule has 1 aliphatic heterocycles. The largest absolute Gasteiger partial charge is 0.481 e. The summed E-state index contributed by atoms with van der Waals surface area (Å²) in [5, 5.41) is 13.4. The Morgan fingerprint density at radius 2 is 2.19 bits per heavy atom. The van der Waals surface area contributed by atoms with Crippen molar-refractivity contribution in [2.45, 2.75) is 18.3 Å². The summed E-state index contributed by atoms with van der Waals surface area (Å²) in [5.41, 5.74) is -0.0537. The zero-order valence-electron chi connectivity index (χ0n) is 9.05. The molecule has 0 bridgehead atoms. The zero-order chi connectivity index (χ0) is 10.9. The van der Waals surface area contributed by atoms with Crippen molar-refractivity contribution in [3.8, 4) is 0 Å². The minimum absolute atomic E-state index is 0. The molecule has 0 unspecified atom stereocenters. The molecule has 2 rings (SSSR count). The van der Waals surface area contributed by atoms with Gasteiger partial charge in [-0.1, -0.05) is 0 Å². The molecule has 0 radical (unpaired) electrons. The van der Waals surface area contributed by atoms with Crippen LogP contribution in [0.2, 0.25) is 0 Å². The molecule has 0 atom stereocenters. The topological polar surface area (TPSA) is 64.4 Å². The molecule has 0 aliphatic carbocycles. The van der Waals surface area contributed by atoms with Gasteiger partial charge in [0.05, 0.1) is 5.69 Å². The summed E-state index contributed by atoms with van der Waals surface area (Å²) < 4.78 is 6.86. The standard InChI is InChI=1S/C10H14N2O3.ClH/c1-12-8(2-5-11-12)10(9(13)14)3-6-15-7-4-10;/h2,5H,3-4,6-7H2,1H3,(H,13,14);1H. The summed E-state index contributed by atoms with van der Waals surface area (Å²) in [6.07, 6.45) is 2.67. The summed E-state index contributed by atoms with van der Waals surface area (Å²) in [6, 6.07) is 1.78. The van der Waals surface area contributed by atoms with Crippen molar-refractivity contribution < 1.29 is 14.6 Å². The average Bonchev–Trinajstić information content (AvgIpc) is 2.66. The first-order valence-corrected chi connectivity index (χ1v) is 4.96. The van der Waals surface area contributed by atoms with E-state index >= 15 is 0 Å². The van der Waals surface area contributed by atoms with E-state index < -0.39 is 11.4 Å². The van der Waals surface area contributed by atoms with Crippen LogP contribution in [0.5, 0.6) is 0 Å². The van der Waals surface area contributed by atoms with Crippen molar-refractivity contribution in [3.63, 3.8) is 0 Å². The highest BCUT2D eigenvalue weighted by atomic mass is 35.5. The number of carboxylic acid groups (broad SMARTS) is 1. The molecule has 2 heterocycles. The molecule has 1 aromatic rings. The maximum atomic E-state index is 11.4. The summed E-state index contributed by atoms with van der Waals surface area (Å²) in [5.74, 6) is -0.783. The van der Waals surface area contributed by atoms with Crippen LogP contribution in [0.25, 0.3) is 0 Å². The number of carboxylic acids is 1. The third kappa shape index (κ3) is 1.92. The Balaban J connectivity index is 0.00000128. The van der Waals surface area contributed by atoms with Gasteiger partial charge in [0.15, 0.2) is 0 Å². The number of hydrogen-bond acceptors (Lipinski definition) is 3. The number of aryl methyl sites for hydroxylation is 1. The van der Waals surface area contributed by atoms with Gasteiger partial charge in [-0.05, 0) is 18.9 Å². The lowest BCUT2D eigenvalue weighted by atomic mass is 9.77. The third-order valence-electron chi connectivity index (χ3n) is 3.07. The predicted molar refractivity (Wildman–Crippen MR) is 59.8 cm³/mol. The fourth-order valence-corrected chi connectivity index (χ4v) is 2.14. The number of aromatic nitrogens is 2. The van der Waals surface area contributed by atoms with E-state index in [0.29, 0.717) is 26.1 Å². The monoisotopic (exact) mass is 246 g/mol. The van der Waals surface area contributed by atoms with Gasteiger partial charge in [-0.3, -0.25) is 9.48 Å². The Morgan fingerprint density at radius 1 is 1.56 bits per heavy atom. The highest BCUT2D eigenvalue weighted by molar-refractivity contribution is 5.85. The first-order valence-electron chi connectivity index (χ1n) is 4.96. The molecule has 0 amide bonds. The van der Waals surface area contributed by atoms with E-state index in [1.165, 1.54) is 0 Å². The average molecular weight is 247 g/mol. The third-order valence-corrected chi connectivity index (χ3v) is 3.07. The number of rotatable bonds is 2. The van der Waals surface area contributed by atoms with Gasteiger partial charge >= 0.3 is 5.97 Å². The molecule has 0 spiro atoms. The minimum atomic E-state index is -0.816. The summed E-state index contributed by atoms with van der Waals surface area (Å²) in [4.78, 5) is 11.4. The van der Waals surface area contributed by atoms with Gasteiger partial charge in [-0.25, -0.2) is 0 Å². The zero-order valence-corrected chi connectivity index (χ0v) is 9.87. The number of carbonyl (C=O) groups is 1. The molecule has 1 N–H and O–H groups in total. The lowest BCUT2D eigenvalue weighted by Crippen LogP contribution is -2.42. The predicted octanol–water partition coefficient (Wildman–Crippen LogP) is 0.975. The number of aliphatic carboxylic acids is 1. The molecule has 16 heavy (non-hydrogen) atoms. The van der Waals surface area contributed by atoms with E-state index in [2.05, 4.69) is 5.10 Å². The number of halogens is 1. The second-order valence-electron chi connectivity index (χ2n) is 3.84. The molecule has 0 saturated carbocycles. The Hall–Kier alpha value is -1.07. The van der Waals surface area contributed by atoms with E-state index in [0.717, 1.165) is 5.69 Å². The molecule has 5 nitrogen and oxygen atoms in total. The SMILES string of the molecule is Cl.Cn1nccc1C1(C(=O)O)CCOCC1. The van der Waals surface area contributed by atoms with E-state index in [1.54, 1.807) is 24.0 Å². The first-order chi connectivity index (χ1) is 7.17. The molecule has 90 valence electrons. The van der Waals surface area contributed by atoms with Crippen molar-refractivity contribution >= 4 is 18.4 Å². The van der Waals surface area contributed by atoms with Crippen molar-refractivity contribution in [1.82, 2.24) is 9.78 Å². The van der Waals surface area contributed by atoms with Gasteiger partial charge in [-0.15, -0.1) is 12.4 Å². The van der Waals surface area contributed by atoms with E-state index in [1.807, 2.05) is 0 Å². The number of hydrogen-bond donors (Lipinski definition) is 1. The lowest BCUT2D eigenvalue weighted by Gasteiger charge is -2.32. The Labute approximate surface area is 99.8 Å². The number of ether oxygens (including phenoxy) is 1. The van der Waals surface area contributed by atoms with Gasteiger partial charge in [0, 0.05) is 26.5 Å². The minimum Gasteiger partial charge on any atom is -0.481 e. The highest BCUT2D eigenvalue weighted by Gasteiger charge is 2.43. The molecule has 1 aromatic heterocycles. The van der Waals surface area contributed by atoms with Crippen LogP contribution in [0.3, 0.4) is 0 Å². The molecule has 1 fully saturated rings. The number of nitrogens with zero attached hydrogens (tertiary/aromatic N) is 2. The Kier molecular flexibility index (Phi) is 3.93. The maximum Gasteiger partial charge on any atom is 0.315 e. The van der Waals surface area contributed by atoms with Crippen LogP contribution in [-0.4, -0.2) is 34.1 Å². The maximum absolute atomic E-state index is 11.4. The molecule has 0 aromatic carbocycles. The van der Waals surface area contributed by atoms with Crippen LogP contribution in [0.15, 0.2) is 12.3 Å². The van der Waals surface area contributed by atoms with Gasteiger partial charge in [-0.2, -0.15) is 5.10 Å². The summed E-state index contributed by atoms with van der Waals surface area (Å²) >= 11 is 0. The van der Waals surface area contributed by atoms with Crippen molar-refractivity contribution in [3.05, 3.63) is 18.0 Å². The second kappa shape index (κ2) is 4.84. The van der Waals surface area contributed by atoms with Crippen molar-refractivity contribution in [1.29, 1.82) is 0 Å². The quantitative estimate of drug-likeness (QED) is 0.845. The van der Waals surface area contributed by atoms with Crippen molar-refractivity contribution in [2.24, 2.45) is 7.05 Å². The highest BCUT2D eigenvalue weighted by Crippen LogP contribution is 2.34. The lowest BCUT2D eigenvalue weighted by molar-refractivity contribution is -0.148. The van der Waals surface area contributed by atoms with Crippen LogP contribution in [0.4, 0.5) is 0 Å². The molecular formula is C10H15ClN2O3. The van der Waals surface area contributed by atoms with E-state index in [4.69, 9.17) is 4.74 Å². The Bertz CT molecular complexity index is 372. The molecule has 1 aliphatic rings.